The normalized spacial score (nSPS) is 12.6. The molecule has 0 fully saturated rings. The van der Waals surface area contributed by atoms with E-state index in [2.05, 4.69) is 39.5 Å². The molecule has 0 heterocycles. The van der Waals surface area contributed by atoms with Gasteiger partial charge in [-0.1, -0.05) is 20.8 Å². The molecular formula is C11H23NO. The summed E-state index contributed by atoms with van der Waals surface area (Å²) in [7, 11) is 0. The van der Waals surface area contributed by atoms with Crippen molar-refractivity contribution in [3.8, 4) is 0 Å². The first-order chi connectivity index (χ1) is 5.72. The summed E-state index contributed by atoms with van der Waals surface area (Å²) in [6.07, 6.45) is 0. The first kappa shape index (κ1) is 12.6. The molecule has 0 unspecified atom stereocenters. The van der Waals surface area contributed by atoms with Gasteiger partial charge in [0.25, 0.3) is 0 Å². The molecule has 0 N–H and O–H groups in total. The fraction of sp³-hybridized carbons (Fsp3) is 0.909. The summed E-state index contributed by atoms with van der Waals surface area (Å²) >= 11 is 0. The van der Waals surface area contributed by atoms with Crippen molar-refractivity contribution < 1.29 is 4.79 Å². The van der Waals surface area contributed by atoms with Crippen LogP contribution in [0.1, 0.15) is 41.5 Å². The van der Waals surface area contributed by atoms with Crippen LogP contribution >= 0.6 is 0 Å². The topological polar surface area (TPSA) is 20.3 Å². The maximum atomic E-state index is 11.0. The minimum Gasteiger partial charge on any atom is -0.299 e. The molecule has 0 aromatic carbocycles. The van der Waals surface area contributed by atoms with E-state index >= 15 is 0 Å². The van der Waals surface area contributed by atoms with Crippen LogP contribution in [0, 0.1) is 5.41 Å². The van der Waals surface area contributed by atoms with Gasteiger partial charge < -0.3 is 0 Å². The van der Waals surface area contributed by atoms with Gasteiger partial charge in [-0.25, -0.2) is 0 Å². The molecular weight excluding hydrogens is 162 g/mol. The standard InChI is InChI=1S/C11H23NO/c1-9(2)12(7-10(3)13)8-11(4,5)6/h9H,7-8H2,1-6H3. The number of hydrogen-bond acceptors (Lipinski definition) is 2. The lowest BCUT2D eigenvalue weighted by atomic mass is 9.95. The van der Waals surface area contributed by atoms with E-state index in [0.29, 0.717) is 12.6 Å². The second-order valence-electron chi connectivity index (χ2n) is 5.26. The van der Waals surface area contributed by atoms with Gasteiger partial charge in [0, 0.05) is 12.6 Å². The smallest absolute Gasteiger partial charge is 0.143 e. The molecule has 2 heteroatoms. The van der Waals surface area contributed by atoms with Crippen LogP contribution in [0.15, 0.2) is 0 Å². The largest absolute Gasteiger partial charge is 0.299 e. The number of carbonyl (C=O) groups is 1. The summed E-state index contributed by atoms with van der Waals surface area (Å²) in [6, 6.07) is 0.447. The SMILES string of the molecule is CC(=O)CN(CC(C)(C)C)C(C)C. The van der Waals surface area contributed by atoms with E-state index in [0.717, 1.165) is 6.54 Å². The summed E-state index contributed by atoms with van der Waals surface area (Å²) in [6.45, 7) is 14.1. The van der Waals surface area contributed by atoms with Gasteiger partial charge in [-0.15, -0.1) is 0 Å². The number of hydrogen-bond donors (Lipinski definition) is 0. The molecule has 2 nitrogen and oxygen atoms in total. The molecule has 0 saturated carbocycles. The van der Waals surface area contributed by atoms with E-state index in [9.17, 15) is 4.79 Å². The second-order valence-corrected chi connectivity index (χ2v) is 5.26. The van der Waals surface area contributed by atoms with Crippen molar-refractivity contribution in [1.82, 2.24) is 4.90 Å². The Balaban J connectivity index is 4.19. The highest BCUT2D eigenvalue weighted by atomic mass is 16.1. The van der Waals surface area contributed by atoms with Gasteiger partial charge in [-0.3, -0.25) is 9.69 Å². The Morgan fingerprint density at radius 3 is 2.00 bits per heavy atom. The van der Waals surface area contributed by atoms with Crippen LogP contribution in [0.4, 0.5) is 0 Å². The maximum absolute atomic E-state index is 11.0. The monoisotopic (exact) mass is 185 g/mol. The molecule has 0 rings (SSSR count). The van der Waals surface area contributed by atoms with E-state index in [1.807, 2.05) is 0 Å². The average molecular weight is 185 g/mol. The lowest BCUT2D eigenvalue weighted by Crippen LogP contribution is -2.40. The van der Waals surface area contributed by atoms with Gasteiger partial charge in [0.05, 0.1) is 6.54 Å². The van der Waals surface area contributed by atoms with Crippen molar-refractivity contribution in [3.63, 3.8) is 0 Å². The minimum atomic E-state index is 0.248. The molecule has 0 spiro atoms. The Morgan fingerprint density at radius 2 is 1.77 bits per heavy atom. The Kier molecular flexibility index (Phi) is 4.62. The Labute approximate surface area is 82.3 Å². The molecule has 0 bridgehead atoms. The molecule has 78 valence electrons. The number of nitrogens with zero attached hydrogens (tertiary/aromatic N) is 1. The van der Waals surface area contributed by atoms with Crippen molar-refractivity contribution >= 4 is 5.78 Å². The fourth-order valence-electron chi connectivity index (χ4n) is 1.32. The quantitative estimate of drug-likeness (QED) is 0.670. The fourth-order valence-corrected chi connectivity index (χ4v) is 1.32. The van der Waals surface area contributed by atoms with E-state index in [4.69, 9.17) is 0 Å². The van der Waals surface area contributed by atoms with Gasteiger partial charge >= 0.3 is 0 Å². The highest BCUT2D eigenvalue weighted by Crippen LogP contribution is 2.16. The van der Waals surface area contributed by atoms with Crippen LogP contribution in [-0.2, 0) is 4.79 Å². The van der Waals surface area contributed by atoms with Crippen molar-refractivity contribution in [2.24, 2.45) is 5.41 Å². The molecule has 13 heavy (non-hydrogen) atoms. The van der Waals surface area contributed by atoms with Crippen LogP contribution in [-0.4, -0.2) is 29.8 Å². The van der Waals surface area contributed by atoms with Crippen molar-refractivity contribution in [2.75, 3.05) is 13.1 Å². The number of rotatable bonds is 4. The third kappa shape index (κ3) is 6.76. The van der Waals surface area contributed by atoms with E-state index in [1.54, 1.807) is 6.92 Å². The molecule has 0 atom stereocenters. The molecule has 0 aliphatic rings. The number of Topliss-reactive ketones (excluding diaryl/α,β-unsaturated/α-hetero) is 1. The van der Waals surface area contributed by atoms with Gasteiger partial charge in [0.15, 0.2) is 0 Å². The van der Waals surface area contributed by atoms with Gasteiger partial charge in [-0.2, -0.15) is 0 Å². The molecule has 0 aliphatic heterocycles. The van der Waals surface area contributed by atoms with E-state index in [-0.39, 0.29) is 11.2 Å². The van der Waals surface area contributed by atoms with Crippen LogP contribution < -0.4 is 0 Å². The highest BCUT2D eigenvalue weighted by molar-refractivity contribution is 5.77. The molecule has 0 radical (unpaired) electrons. The van der Waals surface area contributed by atoms with Crippen molar-refractivity contribution in [3.05, 3.63) is 0 Å². The maximum Gasteiger partial charge on any atom is 0.143 e. The third-order valence-electron chi connectivity index (χ3n) is 1.83. The van der Waals surface area contributed by atoms with Crippen LogP contribution in [0.2, 0.25) is 0 Å². The van der Waals surface area contributed by atoms with Crippen LogP contribution in [0.25, 0.3) is 0 Å². The van der Waals surface area contributed by atoms with Crippen LogP contribution in [0.5, 0.6) is 0 Å². The zero-order valence-electron chi connectivity index (χ0n) is 9.85. The van der Waals surface area contributed by atoms with E-state index in [1.165, 1.54) is 0 Å². The first-order valence-electron chi connectivity index (χ1n) is 4.96. The van der Waals surface area contributed by atoms with Gasteiger partial charge in [0.1, 0.15) is 5.78 Å². The molecule has 0 amide bonds. The average Bonchev–Trinajstić information content (AvgIpc) is 1.81. The molecule has 0 aromatic rings. The minimum absolute atomic E-state index is 0.248. The number of carbonyl (C=O) groups excluding carboxylic acids is 1. The van der Waals surface area contributed by atoms with Gasteiger partial charge in [0.2, 0.25) is 0 Å². The zero-order chi connectivity index (χ0) is 10.6. The Bertz CT molecular complexity index is 167. The highest BCUT2D eigenvalue weighted by Gasteiger charge is 2.19. The predicted octanol–water partition coefficient (Wildman–Crippen LogP) is 2.33. The van der Waals surface area contributed by atoms with Gasteiger partial charge in [-0.05, 0) is 26.2 Å². The Hall–Kier alpha value is -0.370. The summed E-state index contributed by atoms with van der Waals surface area (Å²) in [4.78, 5) is 13.2. The molecule has 0 aliphatic carbocycles. The lowest BCUT2D eigenvalue weighted by molar-refractivity contribution is -0.118. The van der Waals surface area contributed by atoms with Crippen LogP contribution in [0.3, 0.4) is 0 Å². The van der Waals surface area contributed by atoms with Crippen molar-refractivity contribution in [1.29, 1.82) is 0 Å². The number of ketones is 1. The van der Waals surface area contributed by atoms with Crippen molar-refractivity contribution in [2.45, 2.75) is 47.6 Å². The summed E-state index contributed by atoms with van der Waals surface area (Å²) in [5.41, 5.74) is 0.264. The lowest BCUT2D eigenvalue weighted by Gasteiger charge is -2.32. The molecule has 0 aromatic heterocycles. The Morgan fingerprint density at radius 1 is 1.31 bits per heavy atom. The predicted molar refractivity (Wildman–Crippen MR) is 56.8 cm³/mol. The van der Waals surface area contributed by atoms with E-state index < -0.39 is 0 Å². The third-order valence-corrected chi connectivity index (χ3v) is 1.83. The summed E-state index contributed by atoms with van der Waals surface area (Å²) < 4.78 is 0. The zero-order valence-corrected chi connectivity index (χ0v) is 9.85. The molecule has 0 saturated heterocycles. The second kappa shape index (κ2) is 4.75. The first-order valence-corrected chi connectivity index (χ1v) is 4.96. The summed E-state index contributed by atoms with van der Waals surface area (Å²) in [5.74, 6) is 0.248. The summed E-state index contributed by atoms with van der Waals surface area (Å²) in [5, 5.41) is 0.